The van der Waals surface area contributed by atoms with Crippen molar-refractivity contribution in [2.75, 3.05) is 20.1 Å². The molecule has 1 aliphatic carbocycles. The number of likely N-dealkylation sites (N-methyl/N-ethyl adjacent to an activating group) is 1. The Bertz CT molecular complexity index is 991. The molecular formula is C24H27N3O. The van der Waals surface area contributed by atoms with Crippen LogP contribution in [0.1, 0.15) is 35.6 Å². The molecule has 1 aromatic heterocycles. The van der Waals surface area contributed by atoms with E-state index < -0.39 is 0 Å². The summed E-state index contributed by atoms with van der Waals surface area (Å²) in [7, 11) is 2.14. The van der Waals surface area contributed by atoms with Gasteiger partial charge in [0.05, 0.1) is 12.1 Å². The largest absolute Gasteiger partial charge is 0.390 e. The summed E-state index contributed by atoms with van der Waals surface area (Å²) in [6, 6.07) is 17.2. The van der Waals surface area contributed by atoms with Crippen LogP contribution in [0.25, 0.3) is 10.8 Å². The molecule has 2 N–H and O–H groups in total. The van der Waals surface area contributed by atoms with E-state index in [9.17, 15) is 5.11 Å². The maximum Gasteiger partial charge on any atom is 0.0834 e. The Labute approximate surface area is 166 Å². The average Bonchev–Trinajstić information content (AvgIpc) is 2.97. The third kappa shape index (κ3) is 2.67. The van der Waals surface area contributed by atoms with E-state index in [0.717, 1.165) is 37.9 Å². The number of hydrogen-bond donors (Lipinski definition) is 2. The fourth-order valence-corrected chi connectivity index (χ4v) is 5.45. The van der Waals surface area contributed by atoms with Gasteiger partial charge in [0, 0.05) is 29.7 Å². The Morgan fingerprint density at radius 2 is 1.93 bits per heavy atom. The van der Waals surface area contributed by atoms with Crippen molar-refractivity contribution in [3.8, 4) is 0 Å². The van der Waals surface area contributed by atoms with Crippen molar-refractivity contribution < 1.29 is 5.11 Å². The van der Waals surface area contributed by atoms with Gasteiger partial charge in [-0.1, -0.05) is 42.5 Å². The molecule has 28 heavy (non-hydrogen) atoms. The zero-order valence-corrected chi connectivity index (χ0v) is 16.3. The highest BCUT2D eigenvalue weighted by molar-refractivity contribution is 5.84. The quantitative estimate of drug-likeness (QED) is 0.739. The van der Waals surface area contributed by atoms with Gasteiger partial charge in [-0.2, -0.15) is 0 Å². The van der Waals surface area contributed by atoms with Crippen LogP contribution in [0.2, 0.25) is 0 Å². The van der Waals surface area contributed by atoms with Crippen molar-refractivity contribution in [3.63, 3.8) is 0 Å². The van der Waals surface area contributed by atoms with Crippen molar-refractivity contribution >= 4 is 10.8 Å². The normalized spacial score (nSPS) is 23.4. The number of aliphatic hydroxyl groups excluding tert-OH is 1. The van der Waals surface area contributed by atoms with Crippen LogP contribution in [0, 0.1) is 0 Å². The molecule has 0 amide bonds. The Kier molecular flexibility index (Phi) is 4.43. The molecule has 1 aliphatic heterocycles. The van der Waals surface area contributed by atoms with Crippen LogP contribution in [0.4, 0.5) is 0 Å². The highest BCUT2D eigenvalue weighted by atomic mass is 16.3. The van der Waals surface area contributed by atoms with E-state index in [1.54, 1.807) is 0 Å². The molecule has 4 heteroatoms. The molecule has 1 fully saturated rings. The highest BCUT2D eigenvalue weighted by Gasteiger charge is 2.52. The van der Waals surface area contributed by atoms with Gasteiger partial charge < -0.3 is 10.4 Å². The molecule has 2 aromatic carbocycles. The van der Waals surface area contributed by atoms with Gasteiger partial charge in [-0.05, 0) is 61.1 Å². The minimum Gasteiger partial charge on any atom is -0.390 e. The molecule has 4 nitrogen and oxygen atoms in total. The maximum absolute atomic E-state index is 11.6. The lowest BCUT2D eigenvalue weighted by Crippen LogP contribution is -2.48. The fraction of sp³-hybridized carbons (Fsp3) is 0.375. The van der Waals surface area contributed by atoms with E-state index >= 15 is 0 Å². The monoisotopic (exact) mass is 373 g/mol. The summed E-state index contributed by atoms with van der Waals surface area (Å²) < 4.78 is 0. The summed E-state index contributed by atoms with van der Waals surface area (Å²) in [5, 5.41) is 17.4. The molecule has 2 heterocycles. The maximum atomic E-state index is 11.6. The average molecular weight is 374 g/mol. The fourth-order valence-electron chi connectivity index (χ4n) is 5.45. The van der Waals surface area contributed by atoms with Crippen LogP contribution in [0.5, 0.6) is 0 Å². The predicted molar refractivity (Wildman–Crippen MR) is 112 cm³/mol. The molecule has 3 aromatic rings. The molecule has 0 saturated carbocycles. The van der Waals surface area contributed by atoms with E-state index in [1.807, 2.05) is 12.4 Å². The van der Waals surface area contributed by atoms with Crippen molar-refractivity contribution in [2.24, 2.45) is 0 Å². The molecular weight excluding hydrogens is 346 g/mol. The second kappa shape index (κ2) is 6.96. The predicted octanol–water partition coefficient (Wildman–Crippen LogP) is 3.40. The first-order chi connectivity index (χ1) is 13.7. The Hall–Kier alpha value is -2.27. The molecule has 1 saturated heterocycles. The topological polar surface area (TPSA) is 48.4 Å². The lowest BCUT2D eigenvalue weighted by atomic mass is 9.72. The smallest absolute Gasteiger partial charge is 0.0834 e. The van der Waals surface area contributed by atoms with Crippen molar-refractivity contribution in [3.05, 3.63) is 77.6 Å². The van der Waals surface area contributed by atoms with Gasteiger partial charge in [0.15, 0.2) is 0 Å². The molecule has 0 unspecified atom stereocenters. The Balaban J connectivity index is 1.52. The number of rotatable bonds is 3. The second-order valence-corrected chi connectivity index (χ2v) is 8.31. The summed E-state index contributed by atoms with van der Waals surface area (Å²) in [5.41, 5.74) is 3.80. The standard InChI is InChI=1S/C24H27N3O/c1-27(16-18-6-4-5-17-15-26-12-9-19(17)18)22-20-7-2-3-8-21(20)24(23(22)28)10-13-25-14-11-24/h2-9,12,15,22-23,25,28H,10-11,13-14,16H2,1H3/t22-,23+/m1/s1. The van der Waals surface area contributed by atoms with Crippen LogP contribution in [-0.4, -0.2) is 41.2 Å². The lowest BCUT2D eigenvalue weighted by Gasteiger charge is -2.40. The lowest BCUT2D eigenvalue weighted by molar-refractivity contribution is 0.00431. The van der Waals surface area contributed by atoms with E-state index in [1.165, 1.54) is 22.1 Å². The molecule has 144 valence electrons. The summed E-state index contributed by atoms with van der Waals surface area (Å²) in [6.45, 7) is 2.74. The number of aromatic nitrogens is 1. The van der Waals surface area contributed by atoms with Crippen LogP contribution < -0.4 is 5.32 Å². The number of aliphatic hydroxyl groups is 1. The van der Waals surface area contributed by atoms with E-state index in [2.05, 4.69) is 70.8 Å². The van der Waals surface area contributed by atoms with Gasteiger partial charge in [0.2, 0.25) is 0 Å². The number of hydrogen-bond acceptors (Lipinski definition) is 4. The second-order valence-electron chi connectivity index (χ2n) is 8.31. The Morgan fingerprint density at radius 1 is 1.11 bits per heavy atom. The molecule has 2 aliphatic rings. The van der Waals surface area contributed by atoms with E-state index in [-0.39, 0.29) is 17.6 Å². The molecule has 2 atom stereocenters. The third-order valence-corrected chi connectivity index (χ3v) is 6.84. The van der Waals surface area contributed by atoms with E-state index in [4.69, 9.17) is 0 Å². The Morgan fingerprint density at radius 3 is 2.79 bits per heavy atom. The highest BCUT2D eigenvalue weighted by Crippen LogP contribution is 2.52. The number of benzene rings is 2. The third-order valence-electron chi connectivity index (χ3n) is 6.84. The molecule has 0 radical (unpaired) electrons. The van der Waals surface area contributed by atoms with Crippen LogP contribution >= 0.6 is 0 Å². The number of nitrogens with zero attached hydrogens (tertiary/aromatic N) is 2. The van der Waals surface area contributed by atoms with Gasteiger partial charge in [-0.15, -0.1) is 0 Å². The van der Waals surface area contributed by atoms with Gasteiger partial charge in [-0.25, -0.2) is 0 Å². The number of nitrogens with one attached hydrogen (secondary N) is 1. The minimum atomic E-state index is -0.381. The SMILES string of the molecule is CN(Cc1cccc2cnccc12)[C@@H]1c2ccccc2C2(CCNCC2)[C@H]1O. The van der Waals surface area contributed by atoms with Gasteiger partial charge in [-0.3, -0.25) is 9.88 Å². The first kappa shape index (κ1) is 17.8. The van der Waals surface area contributed by atoms with E-state index in [0.29, 0.717) is 0 Å². The zero-order valence-electron chi connectivity index (χ0n) is 16.3. The van der Waals surface area contributed by atoms with Crippen LogP contribution in [0.15, 0.2) is 60.9 Å². The summed E-state index contributed by atoms with van der Waals surface area (Å²) in [6.07, 6.45) is 5.39. The number of piperidine rings is 1. The first-order valence-corrected chi connectivity index (χ1v) is 10.2. The van der Waals surface area contributed by atoms with Crippen LogP contribution in [-0.2, 0) is 12.0 Å². The van der Waals surface area contributed by atoms with Gasteiger partial charge in [0.1, 0.15) is 0 Å². The van der Waals surface area contributed by atoms with Crippen LogP contribution in [0.3, 0.4) is 0 Å². The minimum absolute atomic E-state index is 0.0198. The van der Waals surface area contributed by atoms with Crippen molar-refractivity contribution in [1.29, 1.82) is 0 Å². The summed E-state index contributed by atoms with van der Waals surface area (Å²) in [5.74, 6) is 0. The van der Waals surface area contributed by atoms with Gasteiger partial charge in [0.25, 0.3) is 0 Å². The molecule has 5 rings (SSSR count). The van der Waals surface area contributed by atoms with Crippen molar-refractivity contribution in [2.45, 2.75) is 36.9 Å². The molecule has 0 bridgehead atoms. The summed E-state index contributed by atoms with van der Waals surface area (Å²) in [4.78, 5) is 6.58. The number of pyridine rings is 1. The summed E-state index contributed by atoms with van der Waals surface area (Å²) >= 11 is 0. The van der Waals surface area contributed by atoms with Crippen molar-refractivity contribution in [1.82, 2.24) is 15.2 Å². The first-order valence-electron chi connectivity index (χ1n) is 10.2. The zero-order chi connectivity index (χ0) is 19.1. The number of fused-ring (bicyclic) bond motifs is 3. The molecule has 1 spiro atoms. The van der Waals surface area contributed by atoms with Gasteiger partial charge >= 0.3 is 0 Å².